The SMILES string of the molecule is COCC1CC(c2ccc3c(N(C(=O)OC(C)(C)C)C(=O)OC(C)(C)C)ncnn23)CN1C(=O)O. The Balaban J connectivity index is 2.03. The van der Waals surface area contributed by atoms with Crippen LogP contribution in [-0.4, -0.2) is 80.4 Å². The summed E-state index contributed by atoms with van der Waals surface area (Å²) in [5.41, 5.74) is -0.638. The number of nitrogens with zero attached hydrogens (tertiary/aromatic N) is 5. The number of amides is 3. The first-order valence-corrected chi connectivity index (χ1v) is 11.3. The third-order valence-electron chi connectivity index (χ3n) is 5.26. The van der Waals surface area contributed by atoms with Crippen LogP contribution in [0.15, 0.2) is 18.5 Å². The van der Waals surface area contributed by atoms with Crippen molar-refractivity contribution in [1.29, 1.82) is 0 Å². The molecule has 0 radical (unpaired) electrons. The first-order valence-electron chi connectivity index (χ1n) is 11.3. The molecule has 12 nitrogen and oxygen atoms in total. The van der Waals surface area contributed by atoms with Gasteiger partial charge in [0, 0.05) is 25.3 Å². The van der Waals surface area contributed by atoms with E-state index in [0.29, 0.717) is 11.9 Å². The number of methoxy groups -OCH3 is 1. The van der Waals surface area contributed by atoms with Gasteiger partial charge in [0.2, 0.25) is 0 Å². The van der Waals surface area contributed by atoms with E-state index < -0.39 is 29.5 Å². The van der Waals surface area contributed by atoms with Gasteiger partial charge in [-0.05, 0) is 60.1 Å². The standard InChI is InChI=1S/C23H33N5O7/c1-22(2,3)34-20(31)27(21(32)35-23(4,5)6)18-17-9-8-16(28(17)25-13-24-18)14-10-15(12-33-7)26(11-14)19(29)30/h8-9,13-15H,10-12H2,1-7H3,(H,29,30). The molecule has 2 aromatic rings. The van der Waals surface area contributed by atoms with Crippen LogP contribution in [0.2, 0.25) is 0 Å². The van der Waals surface area contributed by atoms with Crippen LogP contribution in [0, 0.1) is 0 Å². The fraction of sp³-hybridized carbons (Fsp3) is 0.609. The lowest BCUT2D eigenvalue weighted by Crippen LogP contribution is -2.44. The van der Waals surface area contributed by atoms with Gasteiger partial charge in [0.1, 0.15) is 23.0 Å². The number of carbonyl (C=O) groups is 3. The van der Waals surface area contributed by atoms with Crippen LogP contribution in [0.3, 0.4) is 0 Å². The van der Waals surface area contributed by atoms with Gasteiger partial charge in [-0.1, -0.05) is 0 Å². The molecule has 192 valence electrons. The third kappa shape index (κ3) is 5.99. The van der Waals surface area contributed by atoms with Crippen molar-refractivity contribution in [3.8, 4) is 0 Å². The molecule has 35 heavy (non-hydrogen) atoms. The van der Waals surface area contributed by atoms with Crippen LogP contribution in [0.5, 0.6) is 0 Å². The van der Waals surface area contributed by atoms with E-state index in [2.05, 4.69) is 10.1 Å². The Bertz CT molecular complexity index is 1070. The monoisotopic (exact) mass is 491 g/mol. The van der Waals surface area contributed by atoms with E-state index in [9.17, 15) is 19.5 Å². The highest BCUT2D eigenvalue weighted by Gasteiger charge is 2.39. The molecule has 1 fully saturated rings. The van der Waals surface area contributed by atoms with Crippen LogP contribution in [0.4, 0.5) is 20.2 Å². The summed E-state index contributed by atoms with van der Waals surface area (Å²) in [5.74, 6) is -0.177. The topological polar surface area (TPSA) is 136 Å². The van der Waals surface area contributed by atoms with E-state index in [1.54, 1.807) is 58.2 Å². The zero-order chi connectivity index (χ0) is 26.1. The van der Waals surface area contributed by atoms with Crippen LogP contribution in [0.1, 0.15) is 59.6 Å². The average molecular weight is 492 g/mol. The molecule has 0 spiro atoms. The molecule has 3 rings (SSSR count). The fourth-order valence-corrected chi connectivity index (χ4v) is 4.00. The molecule has 0 aliphatic carbocycles. The molecule has 1 aliphatic heterocycles. The van der Waals surface area contributed by atoms with Crippen molar-refractivity contribution in [3.63, 3.8) is 0 Å². The summed E-state index contributed by atoms with van der Waals surface area (Å²) in [5, 5.41) is 13.9. The van der Waals surface area contributed by atoms with Gasteiger partial charge < -0.3 is 24.2 Å². The van der Waals surface area contributed by atoms with Crippen molar-refractivity contribution in [3.05, 3.63) is 24.2 Å². The summed E-state index contributed by atoms with van der Waals surface area (Å²) in [6.07, 6.45) is -1.13. The van der Waals surface area contributed by atoms with Crippen molar-refractivity contribution in [1.82, 2.24) is 19.5 Å². The van der Waals surface area contributed by atoms with Gasteiger partial charge in [0.05, 0.1) is 12.6 Å². The minimum atomic E-state index is -1.02. The number of likely N-dealkylation sites (tertiary alicyclic amines) is 1. The molecular weight excluding hydrogens is 458 g/mol. The lowest BCUT2D eigenvalue weighted by molar-refractivity contribution is 0.0429. The van der Waals surface area contributed by atoms with Gasteiger partial charge in [-0.25, -0.2) is 23.9 Å². The van der Waals surface area contributed by atoms with E-state index in [4.69, 9.17) is 14.2 Å². The molecule has 1 N–H and O–H groups in total. The Morgan fingerprint density at radius 1 is 1.09 bits per heavy atom. The van der Waals surface area contributed by atoms with E-state index in [1.165, 1.54) is 18.3 Å². The predicted molar refractivity (Wildman–Crippen MR) is 126 cm³/mol. The Morgan fingerprint density at radius 2 is 1.69 bits per heavy atom. The highest BCUT2D eigenvalue weighted by Crippen LogP contribution is 2.34. The molecule has 2 unspecified atom stereocenters. The molecule has 1 saturated heterocycles. The minimum absolute atomic E-state index is 0.00345. The number of ether oxygens (including phenoxy) is 3. The van der Waals surface area contributed by atoms with Crippen LogP contribution >= 0.6 is 0 Å². The molecule has 3 amide bonds. The van der Waals surface area contributed by atoms with Gasteiger partial charge in [0.25, 0.3) is 0 Å². The Hall–Kier alpha value is -3.41. The van der Waals surface area contributed by atoms with E-state index >= 15 is 0 Å². The molecule has 3 heterocycles. The number of carboxylic acid groups (broad SMARTS) is 1. The summed E-state index contributed by atoms with van der Waals surface area (Å²) in [6.45, 7) is 10.7. The normalized spacial score (nSPS) is 18.5. The smallest absolute Gasteiger partial charge is 0.425 e. The number of fused-ring (bicyclic) bond motifs is 1. The fourth-order valence-electron chi connectivity index (χ4n) is 4.00. The number of imide groups is 1. The van der Waals surface area contributed by atoms with Gasteiger partial charge >= 0.3 is 18.3 Å². The number of hydrogen-bond acceptors (Lipinski definition) is 8. The largest absolute Gasteiger partial charge is 0.465 e. The maximum atomic E-state index is 13.1. The Kier molecular flexibility index (Phi) is 7.25. The van der Waals surface area contributed by atoms with Crippen molar-refractivity contribution in [2.24, 2.45) is 0 Å². The Morgan fingerprint density at radius 3 is 2.20 bits per heavy atom. The number of anilines is 1. The second-order valence-corrected chi connectivity index (χ2v) is 10.4. The summed E-state index contributed by atoms with van der Waals surface area (Å²) in [4.78, 5) is 44.2. The lowest BCUT2D eigenvalue weighted by Gasteiger charge is -2.28. The summed E-state index contributed by atoms with van der Waals surface area (Å²) in [6, 6.07) is 3.17. The van der Waals surface area contributed by atoms with Gasteiger partial charge in [-0.15, -0.1) is 0 Å². The highest BCUT2D eigenvalue weighted by molar-refractivity contribution is 6.11. The number of aromatic nitrogens is 3. The van der Waals surface area contributed by atoms with E-state index in [-0.39, 0.29) is 30.9 Å². The lowest BCUT2D eigenvalue weighted by atomic mass is 10.0. The molecule has 1 aliphatic rings. The highest BCUT2D eigenvalue weighted by atomic mass is 16.6. The van der Waals surface area contributed by atoms with E-state index in [1.807, 2.05) is 0 Å². The molecular formula is C23H33N5O7. The van der Waals surface area contributed by atoms with Crippen LogP contribution in [0.25, 0.3) is 5.52 Å². The Labute approximate surface area is 203 Å². The maximum absolute atomic E-state index is 13.1. The van der Waals surface area contributed by atoms with Crippen molar-refractivity contribution >= 4 is 29.6 Å². The molecule has 2 aromatic heterocycles. The van der Waals surface area contributed by atoms with Crippen LogP contribution < -0.4 is 4.90 Å². The molecule has 12 heteroatoms. The molecule has 0 aromatic carbocycles. The number of carbonyl (C=O) groups excluding carboxylic acids is 2. The number of rotatable bonds is 4. The van der Waals surface area contributed by atoms with Crippen LogP contribution in [-0.2, 0) is 14.2 Å². The van der Waals surface area contributed by atoms with Gasteiger partial charge in [-0.3, -0.25) is 0 Å². The zero-order valence-corrected chi connectivity index (χ0v) is 21.1. The van der Waals surface area contributed by atoms with Crippen molar-refractivity contribution in [2.45, 2.75) is 71.1 Å². The zero-order valence-electron chi connectivity index (χ0n) is 21.1. The van der Waals surface area contributed by atoms with Gasteiger partial charge in [-0.2, -0.15) is 10.00 Å². The minimum Gasteiger partial charge on any atom is -0.465 e. The number of hydrogen-bond donors (Lipinski definition) is 1. The van der Waals surface area contributed by atoms with E-state index in [0.717, 1.165) is 10.6 Å². The second kappa shape index (κ2) is 9.68. The van der Waals surface area contributed by atoms with Crippen molar-refractivity contribution in [2.75, 3.05) is 25.2 Å². The maximum Gasteiger partial charge on any atom is 0.425 e. The molecule has 2 atom stereocenters. The summed E-state index contributed by atoms with van der Waals surface area (Å²) >= 11 is 0. The third-order valence-corrected chi connectivity index (χ3v) is 5.26. The first kappa shape index (κ1) is 26.2. The average Bonchev–Trinajstić information content (AvgIpc) is 3.30. The molecule has 0 saturated carbocycles. The molecule has 0 bridgehead atoms. The first-order chi connectivity index (χ1) is 16.2. The summed E-state index contributed by atoms with van der Waals surface area (Å²) in [7, 11) is 1.53. The quantitative estimate of drug-likeness (QED) is 0.675. The predicted octanol–water partition coefficient (Wildman–Crippen LogP) is 3.89. The summed E-state index contributed by atoms with van der Waals surface area (Å²) < 4.78 is 17.7. The van der Waals surface area contributed by atoms with Gasteiger partial charge in [0.15, 0.2) is 5.82 Å². The second-order valence-electron chi connectivity index (χ2n) is 10.4. The van der Waals surface area contributed by atoms with Crippen molar-refractivity contribution < 1.29 is 33.7 Å².